The maximum absolute atomic E-state index is 6.46. The molecule has 3 nitrogen and oxygen atoms in total. The molecule has 0 aliphatic rings. The first-order valence-corrected chi connectivity index (χ1v) is 12.4. The summed E-state index contributed by atoms with van der Waals surface area (Å²) in [4.78, 5) is 10.1. The SMILES string of the molecule is c1cc(-c2ccc3ccccc3n2)cc(-c2nc3ccccc3c3c2ccc2c4ccccc4oc23)c1. The molecule has 0 N–H and O–H groups in total. The lowest BCUT2D eigenvalue weighted by Crippen LogP contribution is -1.91. The van der Waals surface area contributed by atoms with Crippen molar-refractivity contribution in [1.29, 1.82) is 0 Å². The zero-order valence-electron chi connectivity index (χ0n) is 19.8. The van der Waals surface area contributed by atoms with Crippen LogP contribution in [0.4, 0.5) is 0 Å². The Morgan fingerprint density at radius 2 is 1.24 bits per heavy atom. The summed E-state index contributed by atoms with van der Waals surface area (Å²) in [5.74, 6) is 0. The third-order valence-corrected chi connectivity index (χ3v) is 7.24. The quantitative estimate of drug-likeness (QED) is 0.235. The van der Waals surface area contributed by atoms with Gasteiger partial charge < -0.3 is 4.42 Å². The molecule has 0 amide bonds. The first-order chi connectivity index (χ1) is 18.3. The van der Waals surface area contributed by atoms with Crippen LogP contribution in [0.5, 0.6) is 0 Å². The van der Waals surface area contributed by atoms with Gasteiger partial charge in [0.05, 0.1) is 22.4 Å². The normalized spacial score (nSPS) is 11.8. The molecule has 0 aliphatic heterocycles. The molecule has 0 atom stereocenters. The molecule has 0 spiro atoms. The number of hydrogen-bond donors (Lipinski definition) is 0. The van der Waals surface area contributed by atoms with E-state index in [2.05, 4.69) is 91.0 Å². The van der Waals surface area contributed by atoms with Gasteiger partial charge in [-0.1, -0.05) is 84.9 Å². The van der Waals surface area contributed by atoms with Crippen molar-refractivity contribution in [3.05, 3.63) is 121 Å². The number of pyridine rings is 2. The minimum atomic E-state index is 0.900. The number of benzene rings is 5. The average Bonchev–Trinajstić information content (AvgIpc) is 3.35. The summed E-state index contributed by atoms with van der Waals surface area (Å²) in [6, 6.07) is 41.9. The van der Waals surface area contributed by atoms with Crippen molar-refractivity contribution < 1.29 is 4.42 Å². The fourth-order valence-electron chi connectivity index (χ4n) is 5.49. The van der Waals surface area contributed by atoms with Crippen LogP contribution in [-0.4, -0.2) is 9.97 Å². The Bertz CT molecular complexity index is 2160. The number of para-hydroxylation sites is 3. The monoisotopic (exact) mass is 472 g/mol. The van der Waals surface area contributed by atoms with Crippen LogP contribution in [0.15, 0.2) is 126 Å². The lowest BCUT2D eigenvalue weighted by atomic mass is 9.96. The Morgan fingerprint density at radius 1 is 0.486 bits per heavy atom. The molecule has 0 radical (unpaired) electrons. The minimum absolute atomic E-state index is 0.900. The van der Waals surface area contributed by atoms with E-state index in [1.165, 1.54) is 0 Å². The molecule has 0 unspecified atom stereocenters. The summed E-state index contributed by atoms with van der Waals surface area (Å²) in [5.41, 5.74) is 7.76. The van der Waals surface area contributed by atoms with Crippen LogP contribution in [0.3, 0.4) is 0 Å². The molecule has 172 valence electrons. The highest BCUT2D eigenvalue weighted by Gasteiger charge is 2.17. The smallest absolute Gasteiger partial charge is 0.144 e. The molecule has 0 saturated carbocycles. The summed E-state index contributed by atoms with van der Waals surface area (Å²) >= 11 is 0. The van der Waals surface area contributed by atoms with Gasteiger partial charge in [0, 0.05) is 43.4 Å². The summed E-state index contributed by atoms with van der Waals surface area (Å²) in [6.45, 7) is 0. The van der Waals surface area contributed by atoms with Crippen molar-refractivity contribution in [1.82, 2.24) is 9.97 Å². The lowest BCUT2D eigenvalue weighted by molar-refractivity contribution is 0.673. The van der Waals surface area contributed by atoms with Gasteiger partial charge in [0.15, 0.2) is 0 Å². The van der Waals surface area contributed by atoms with Crippen LogP contribution in [0, 0.1) is 0 Å². The highest BCUT2D eigenvalue weighted by atomic mass is 16.3. The number of furan rings is 1. The van der Waals surface area contributed by atoms with E-state index in [9.17, 15) is 0 Å². The molecule has 0 saturated heterocycles. The predicted molar refractivity (Wildman–Crippen MR) is 153 cm³/mol. The standard InChI is InChI=1S/C34H20N2O/c1-4-13-28-21(8-1)16-19-29(35-28)22-9-7-10-23(20-22)33-27-18-17-25-24-11-3-6-15-31(24)37-34(25)32(27)26-12-2-5-14-30(26)36-33/h1-20H. The molecule has 5 aromatic carbocycles. The van der Waals surface area contributed by atoms with E-state index in [0.29, 0.717) is 0 Å². The molecule has 0 aliphatic carbocycles. The summed E-state index contributed by atoms with van der Waals surface area (Å²) in [5, 5.41) is 6.67. The molecular formula is C34H20N2O. The summed E-state index contributed by atoms with van der Waals surface area (Å²) in [6.07, 6.45) is 0. The second kappa shape index (κ2) is 7.74. The molecule has 8 rings (SSSR count). The van der Waals surface area contributed by atoms with E-state index in [0.717, 1.165) is 77.0 Å². The molecule has 37 heavy (non-hydrogen) atoms. The second-order valence-electron chi connectivity index (χ2n) is 9.41. The largest absolute Gasteiger partial charge is 0.455 e. The van der Waals surface area contributed by atoms with E-state index in [1.807, 2.05) is 30.3 Å². The van der Waals surface area contributed by atoms with Crippen molar-refractivity contribution in [2.75, 3.05) is 0 Å². The van der Waals surface area contributed by atoms with Gasteiger partial charge in [-0.3, -0.25) is 0 Å². The second-order valence-corrected chi connectivity index (χ2v) is 9.41. The van der Waals surface area contributed by atoms with E-state index in [1.54, 1.807) is 0 Å². The number of hydrogen-bond acceptors (Lipinski definition) is 3. The fourth-order valence-corrected chi connectivity index (χ4v) is 5.49. The van der Waals surface area contributed by atoms with Gasteiger partial charge >= 0.3 is 0 Å². The van der Waals surface area contributed by atoms with Crippen LogP contribution in [-0.2, 0) is 0 Å². The first-order valence-electron chi connectivity index (χ1n) is 12.4. The molecular weight excluding hydrogens is 452 g/mol. The molecule has 3 aromatic heterocycles. The molecule has 3 heteroatoms. The Balaban J connectivity index is 1.41. The first kappa shape index (κ1) is 20.2. The maximum Gasteiger partial charge on any atom is 0.144 e. The van der Waals surface area contributed by atoms with Gasteiger partial charge in [-0.25, -0.2) is 9.97 Å². The third kappa shape index (κ3) is 3.08. The van der Waals surface area contributed by atoms with Crippen molar-refractivity contribution in [3.8, 4) is 22.5 Å². The number of fused-ring (bicyclic) bond motifs is 8. The number of rotatable bonds is 2. The molecule has 0 fully saturated rings. The Kier molecular flexibility index (Phi) is 4.23. The Hall–Kier alpha value is -5.02. The number of nitrogens with zero attached hydrogens (tertiary/aromatic N) is 2. The van der Waals surface area contributed by atoms with Crippen molar-refractivity contribution in [2.24, 2.45) is 0 Å². The topological polar surface area (TPSA) is 38.9 Å². The fraction of sp³-hybridized carbons (Fsp3) is 0. The third-order valence-electron chi connectivity index (χ3n) is 7.24. The van der Waals surface area contributed by atoms with E-state index in [4.69, 9.17) is 14.4 Å². The minimum Gasteiger partial charge on any atom is -0.455 e. The van der Waals surface area contributed by atoms with Gasteiger partial charge in [-0.15, -0.1) is 0 Å². The summed E-state index contributed by atoms with van der Waals surface area (Å²) < 4.78 is 6.46. The Labute approximate surface area is 212 Å². The number of aromatic nitrogens is 2. The van der Waals surface area contributed by atoms with E-state index >= 15 is 0 Å². The van der Waals surface area contributed by atoms with Crippen molar-refractivity contribution in [3.63, 3.8) is 0 Å². The molecule has 3 heterocycles. The average molecular weight is 473 g/mol. The van der Waals surface area contributed by atoms with Gasteiger partial charge in [0.25, 0.3) is 0 Å². The van der Waals surface area contributed by atoms with Gasteiger partial charge in [0.2, 0.25) is 0 Å². The van der Waals surface area contributed by atoms with Crippen LogP contribution in [0.1, 0.15) is 0 Å². The lowest BCUT2D eigenvalue weighted by Gasteiger charge is -2.12. The molecule has 0 bridgehead atoms. The van der Waals surface area contributed by atoms with Crippen molar-refractivity contribution in [2.45, 2.75) is 0 Å². The predicted octanol–water partition coefficient (Wildman–Crippen LogP) is 9.17. The maximum atomic E-state index is 6.46. The van der Waals surface area contributed by atoms with Crippen LogP contribution >= 0.6 is 0 Å². The van der Waals surface area contributed by atoms with Crippen LogP contribution < -0.4 is 0 Å². The van der Waals surface area contributed by atoms with Crippen LogP contribution in [0.25, 0.3) is 77.0 Å². The van der Waals surface area contributed by atoms with Gasteiger partial charge in [-0.05, 0) is 36.4 Å². The van der Waals surface area contributed by atoms with E-state index < -0.39 is 0 Å². The highest BCUT2D eigenvalue weighted by Crippen LogP contribution is 2.40. The van der Waals surface area contributed by atoms with E-state index in [-0.39, 0.29) is 0 Å². The van der Waals surface area contributed by atoms with Crippen LogP contribution in [0.2, 0.25) is 0 Å². The van der Waals surface area contributed by atoms with Gasteiger partial charge in [0.1, 0.15) is 11.2 Å². The molecule has 8 aromatic rings. The zero-order valence-corrected chi connectivity index (χ0v) is 19.8. The van der Waals surface area contributed by atoms with Crippen molar-refractivity contribution >= 4 is 54.5 Å². The summed E-state index contributed by atoms with van der Waals surface area (Å²) in [7, 11) is 0. The Morgan fingerprint density at radius 3 is 2.19 bits per heavy atom. The zero-order chi connectivity index (χ0) is 24.3. The highest BCUT2D eigenvalue weighted by molar-refractivity contribution is 6.24. The van der Waals surface area contributed by atoms with Gasteiger partial charge in [-0.2, -0.15) is 0 Å².